The fraction of sp³-hybridized carbons (Fsp3) is 0.611. The number of carbonyl (C=O) groups is 1. The summed E-state index contributed by atoms with van der Waals surface area (Å²) in [6.45, 7) is 4.97. The molecule has 0 atom stereocenters. The molecule has 132 valence electrons. The summed E-state index contributed by atoms with van der Waals surface area (Å²) in [7, 11) is 0. The van der Waals surface area contributed by atoms with Gasteiger partial charge in [0.1, 0.15) is 11.4 Å². The quantitative estimate of drug-likeness (QED) is 0.853. The van der Waals surface area contributed by atoms with Crippen molar-refractivity contribution < 1.29 is 14.3 Å². The number of nitrogens with zero attached hydrogens (tertiary/aromatic N) is 2. The van der Waals surface area contributed by atoms with Gasteiger partial charge in [-0.2, -0.15) is 0 Å². The number of rotatable bonds is 5. The number of piperazine rings is 1. The molecule has 1 aromatic rings. The maximum atomic E-state index is 13.0. The van der Waals surface area contributed by atoms with E-state index >= 15 is 0 Å². The van der Waals surface area contributed by atoms with Gasteiger partial charge in [0.25, 0.3) is 5.91 Å². The first kappa shape index (κ1) is 17.2. The molecule has 0 aromatic heterocycles. The minimum absolute atomic E-state index is 0.211. The lowest BCUT2D eigenvalue weighted by Crippen LogP contribution is -2.50. The Morgan fingerprint density at radius 3 is 2.38 bits per heavy atom. The third-order valence-corrected chi connectivity index (χ3v) is 5.13. The van der Waals surface area contributed by atoms with Crippen molar-refractivity contribution in [1.29, 1.82) is 0 Å². The van der Waals surface area contributed by atoms with Crippen molar-refractivity contribution in [2.24, 2.45) is 0 Å². The van der Waals surface area contributed by atoms with Crippen LogP contribution in [0.15, 0.2) is 24.3 Å². The number of anilines is 1. The van der Waals surface area contributed by atoms with Crippen LogP contribution in [0.2, 0.25) is 0 Å². The Bertz CT molecular complexity index is 550. The molecular weight excluding hydrogens is 309 g/mol. The molecule has 6 heteroatoms. The molecule has 5 nitrogen and oxygen atoms in total. The van der Waals surface area contributed by atoms with Crippen LogP contribution >= 0.6 is 0 Å². The normalized spacial score (nSPS) is 21.0. The van der Waals surface area contributed by atoms with Gasteiger partial charge in [0.15, 0.2) is 0 Å². The molecule has 2 N–H and O–H groups in total. The second kappa shape index (κ2) is 7.49. The van der Waals surface area contributed by atoms with Gasteiger partial charge in [0.2, 0.25) is 0 Å². The van der Waals surface area contributed by atoms with Crippen LogP contribution in [0, 0.1) is 5.82 Å². The number of carbonyl (C=O) groups excluding carboxylic acids is 1. The zero-order valence-corrected chi connectivity index (χ0v) is 14.0. The Hall–Kier alpha value is -1.66. The van der Waals surface area contributed by atoms with Gasteiger partial charge >= 0.3 is 0 Å². The largest absolute Gasteiger partial charge is 0.380 e. The van der Waals surface area contributed by atoms with Gasteiger partial charge in [-0.3, -0.25) is 9.69 Å². The molecule has 2 fully saturated rings. The molecule has 1 aliphatic heterocycles. The molecule has 1 aliphatic carbocycles. The van der Waals surface area contributed by atoms with Gasteiger partial charge in [0, 0.05) is 45.0 Å². The van der Waals surface area contributed by atoms with E-state index in [1.807, 2.05) is 12.1 Å². The predicted molar refractivity (Wildman–Crippen MR) is 91.5 cm³/mol. The maximum absolute atomic E-state index is 13.0. The zero-order valence-electron chi connectivity index (χ0n) is 14.0. The summed E-state index contributed by atoms with van der Waals surface area (Å²) in [5.74, 6) is -0.429. The topological polar surface area (TPSA) is 55.8 Å². The highest BCUT2D eigenvalue weighted by atomic mass is 19.1. The second-order valence-electron chi connectivity index (χ2n) is 6.80. The number of nitrogens with one attached hydrogen (secondary N) is 1. The predicted octanol–water partition coefficient (Wildman–Crippen LogP) is 1.37. The van der Waals surface area contributed by atoms with Crippen LogP contribution in [0.5, 0.6) is 0 Å². The molecule has 1 aromatic carbocycles. The third kappa shape index (κ3) is 4.05. The standard InChI is InChI=1S/C18H26FN3O2/c19-15-3-5-16(6-4-15)22-13-11-21(12-14-22)10-9-20-17(23)18(24)7-1-2-8-18/h3-6,24H,1-2,7-14H2,(H,20,23). The number of halogens is 1. The lowest BCUT2D eigenvalue weighted by atomic mass is 10.0. The number of benzene rings is 1. The van der Waals surface area contributed by atoms with Gasteiger partial charge < -0.3 is 15.3 Å². The van der Waals surface area contributed by atoms with Gasteiger partial charge in [-0.05, 0) is 49.9 Å². The van der Waals surface area contributed by atoms with E-state index in [0.29, 0.717) is 19.4 Å². The molecule has 2 aliphatic rings. The SMILES string of the molecule is O=C(NCCN1CCN(c2ccc(F)cc2)CC1)C1(O)CCCC1. The Kier molecular flexibility index (Phi) is 5.36. The third-order valence-electron chi connectivity index (χ3n) is 5.13. The molecule has 1 saturated carbocycles. The van der Waals surface area contributed by atoms with Crippen LogP contribution in [0.1, 0.15) is 25.7 Å². The molecule has 3 rings (SSSR count). The number of amides is 1. The van der Waals surface area contributed by atoms with Gasteiger partial charge in [-0.1, -0.05) is 0 Å². The first-order valence-corrected chi connectivity index (χ1v) is 8.80. The minimum atomic E-state index is -1.14. The molecule has 24 heavy (non-hydrogen) atoms. The lowest BCUT2D eigenvalue weighted by molar-refractivity contribution is -0.139. The number of hydrogen-bond donors (Lipinski definition) is 2. The fourth-order valence-corrected chi connectivity index (χ4v) is 3.56. The minimum Gasteiger partial charge on any atom is -0.380 e. The first-order valence-electron chi connectivity index (χ1n) is 8.80. The van der Waals surface area contributed by atoms with E-state index in [2.05, 4.69) is 15.1 Å². The van der Waals surface area contributed by atoms with E-state index in [0.717, 1.165) is 51.3 Å². The molecule has 0 bridgehead atoms. The van der Waals surface area contributed by atoms with Crippen molar-refractivity contribution in [1.82, 2.24) is 10.2 Å². The molecule has 0 spiro atoms. The Balaban J connectivity index is 1.38. The van der Waals surface area contributed by atoms with Crippen molar-refractivity contribution in [2.75, 3.05) is 44.2 Å². The Morgan fingerprint density at radius 1 is 1.12 bits per heavy atom. The van der Waals surface area contributed by atoms with Crippen molar-refractivity contribution in [2.45, 2.75) is 31.3 Å². The highest BCUT2D eigenvalue weighted by Crippen LogP contribution is 2.29. The van der Waals surface area contributed by atoms with E-state index < -0.39 is 5.60 Å². The van der Waals surface area contributed by atoms with Gasteiger partial charge in [-0.15, -0.1) is 0 Å². The summed E-state index contributed by atoms with van der Waals surface area (Å²) in [5, 5.41) is 13.1. The van der Waals surface area contributed by atoms with Crippen LogP contribution in [0.4, 0.5) is 10.1 Å². The Labute approximate surface area is 142 Å². The van der Waals surface area contributed by atoms with Crippen LogP contribution < -0.4 is 10.2 Å². The van der Waals surface area contributed by atoms with Crippen LogP contribution in [0.25, 0.3) is 0 Å². The summed E-state index contributed by atoms with van der Waals surface area (Å²) in [4.78, 5) is 16.6. The highest BCUT2D eigenvalue weighted by molar-refractivity contribution is 5.85. The summed E-state index contributed by atoms with van der Waals surface area (Å²) in [6.07, 6.45) is 3.01. The molecule has 1 heterocycles. The van der Waals surface area contributed by atoms with Gasteiger partial charge in [0.05, 0.1) is 0 Å². The molecule has 0 unspecified atom stereocenters. The summed E-state index contributed by atoms with van der Waals surface area (Å²) in [6, 6.07) is 6.61. The van der Waals surface area contributed by atoms with E-state index in [4.69, 9.17) is 0 Å². The molecular formula is C18H26FN3O2. The smallest absolute Gasteiger partial charge is 0.252 e. The first-order chi connectivity index (χ1) is 11.6. The molecule has 0 radical (unpaired) electrons. The fourth-order valence-electron chi connectivity index (χ4n) is 3.56. The van der Waals surface area contributed by atoms with Crippen molar-refractivity contribution in [3.8, 4) is 0 Å². The summed E-state index contributed by atoms with van der Waals surface area (Å²) in [5.41, 5.74) is -0.0887. The highest BCUT2D eigenvalue weighted by Gasteiger charge is 2.38. The van der Waals surface area contributed by atoms with Crippen molar-refractivity contribution in [3.05, 3.63) is 30.1 Å². The average molecular weight is 335 g/mol. The van der Waals surface area contributed by atoms with Crippen LogP contribution in [-0.2, 0) is 4.79 Å². The summed E-state index contributed by atoms with van der Waals surface area (Å²) < 4.78 is 13.0. The number of hydrogen-bond acceptors (Lipinski definition) is 4. The molecule has 1 saturated heterocycles. The van der Waals surface area contributed by atoms with E-state index in [9.17, 15) is 14.3 Å². The van der Waals surface area contributed by atoms with Gasteiger partial charge in [-0.25, -0.2) is 4.39 Å². The lowest BCUT2D eigenvalue weighted by Gasteiger charge is -2.36. The average Bonchev–Trinajstić information content (AvgIpc) is 3.04. The number of aliphatic hydroxyl groups is 1. The monoisotopic (exact) mass is 335 g/mol. The van der Waals surface area contributed by atoms with Crippen molar-refractivity contribution >= 4 is 11.6 Å². The van der Waals surface area contributed by atoms with Crippen LogP contribution in [0.3, 0.4) is 0 Å². The van der Waals surface area contributed by atoms with E-state index in [-0.39, 0.29) is 11.7 Å². The maximum Gasteiger partial charge on any atom is 0.252 e. The molecule has 1 amide bonds. The van der Waals surface area contributed by atoms with E-state index in [1.165, 1.54) is 12.1 Å². The Morgan fingerprint density at radius 2 is 1.75 bits per heavy atom. The second-order valence-corrected chi connectivity index (χ2v) is 6.80. The zero-order chi connectivity index (χ0) is 17.0. The summed E-state index contributed by atoms with van der Waals surface area (Å²) >= 11 is 0. The van der Waals surface area contributed by atoms with Crippen LogP contribution in [-0.4, -0.2) is 60.8 Å². The van der Waals surface area contributed by atoms with Crippen molar-refractivity contribution in [3.63, 3.8) is 0 Å². The van der Waals surface area contributed by atoms with E-state index in [1.54, 1.807) is 0 Å².